The van der Waals surface area contributed by atoms with E-state index in [9.17, 15) is 0 Å². The molecule has 1 aromatic carbocycles. The zero-order valence-electron chi connectivity index (χ0n) is 13.3. The molecule has 0 amide bonds. The lowest BCUT2D eigenvalue weighted by Gasteiger charge is -2.17. The predicted octanol–water partition coefficient (Wildman–Crippen LogP) is 3.37. The Labute approximate surface area is 127 Å². The number of nitrogens with zero attached hydrogens (tertiary/aromatic N) is 2. The molecule has 114 valence electrons. The minimum absolute atomic E-state index is 0.274. The molecule has 1 N–H and O–H groups in total. The molecule has 2 rings (SSSR count). The van der Waals surface area contributed by atoms with Gasteiger partial charge in [-0.15, -0.1) is 0 Å². The molecule has 4 heteroatoms. The number of likely N-dealkylation sites (N-methyl/N-ethyl adjacent to an activating group) is 1. The van der Waals surface area contributed by atoms with Crippen LogP contribution in [0.2, 0.25) is 0 Å². The number of hydrogen-bond donors (Lipinski definition) is 1. The van der Waals surface area contributed by atoms with Crippen molar-refractivity contribution in [2.75, 3.05) is 13.7 Å². The molecule has 2 aromatic rings. The van der Waals surface area contributed by atoms with Crippen LogP contribution in [0.4, 0.5) is 0 Å². The summed E-state index contributed by atoms with van der Waals surface area (Å²) in [5, 5.41) is 8.18. The third-order valence-corrected chi connectivity index (χ3v) is 3.57. The van der Waals surface area contributed by atoms with E-state index in [1.54, 1.807) is 7.11 Å². The van der Waals surface area contributed by atoms with Crippen molar-refractivity contribution in [2.45, 2.75) is 39.3 Å². The lowest BCUT2D eigenvalue weighted by molar-refractivity contribution is 0.414. The minimum atomic E-state index is 0.274. The van der Waals surface area contributed by atoms with Gasteiger partial charge in [-0.05, 0) is 44.2 Å². The van der Waals surface area contributed by atoms with Gasteiger partial charge in [0.15, 0.2) is 0 Å². The van der Waals surface area contributed by atoms with Crippen molar-refractivity contribution in [2.24, 2.45) is 0 Å². The first-order valence-corrected chi connectivity index (χ1v) is 7.55. The molecule has 1 atom stereocenters. The molecule has 0 saturated heterocycles. The van der Waals surface area contributed by atoms with Gasteiger partial charge in [0, 0.05) is 24.7 Å². The molecule has 0 aliphatic heterocycles. The van der Waals surface area contributed by atoms with E-state index in [-0.39, 0.29) is 6.04 Å². The van der Waals surface area contributed by atoms with E-state index >= 15 is 0 Å². The Kier molecular flexibility index (Phi) is 5.39. The number of benzene rings is 1. The maximum absolute atomic E-state index is 5.22. The van der Waals surface area contributed by atoms with Gasteiger partial charge in [-0.25, -0.2) is 0 Å². The molecule has 0 aliphatic rings. The summed E-state index contributed by atoms with van der Waals surface area (Å²) >= 11 is 0. The highest BCUT2D eigenvalue weighted by molar-refractivity contribution is 5.29. The maximum Gasteiger partial charge on any atom is 0.118 e. The van der Waals surface area contributed by atoms with E-state index in [1.165, 1.54) is 5.56 Å². The van der Waals surface area contributed by atoms with E-state index in [2.05, 4.69) is 55.6 Å². The molecule has 0 aliphatic carbocycles. The van der Waals surface area contributed by atoms with Crippen molar-refractivity contribution in [1.82, 2.24) is 15.1 Å². The van der Waals surface area contributed by atoms with E-state index < -0.39 is 0 Å². The average Bonchev–Trinajstić information content (AvgIpc) is 2.96. The Morgan fingerprint density at radius 2 is 1.90 bits per heavy atom. The summed E-state index contributed by atoms with van der Waals surface area (Å²) in [6, 6.07) is 11.0. The third kappa shape index (κ3) is 4.08. The summed E-state index contributed by atoms with van der Waals surface area (Å²) in [5.41, 5.74) is 2.38. The van der Waals surface area contributed by atoms with Crippen molar-refractivity contribution >= 4 is 0 Å². The summed E-state index contributed by atoms with van der Waals surface area (Å²) in [6.07, 6.45) is 2.94. The fraction of sp³-hybridized carbons (Fsp3) is 0.471. The van der Waals surface area contributed by atoms with E-state index in [0.29, 0.717) is 6.04 Å². The second-order valence-electron chi connectivity index (χ2n) is 5.47. The van der Waals surface area contributed by atoms with Crippen molar-refractivity contribution in [3.05, 3.63) is 47.8 Å². The molecule has 1 aromatic heterocycles. The second kappa shape index (κ2) is 7.27. The van der Waals surface area contributed by atoms with Crippen LogP contribution < -0.4 is 10.1 Å². The van der Waals surface area contributed by atoms with Crippen molar-refractivity contribution < 1.29 is 4.74 Å². The monoisotopic (exact) mass is 287 g/mol. The maximum atomic E-state index is 5.22. The first-order valence-electron chi connectivity index (χ1n) is 7.55. The highest BCUT2D eigenvalue weighted by Gasteiger charge is 2.13. The van der Waals surface area contributed by atoms with E-state index in [1.807, 2.05) is 16.8 Å². The Morgan fingerprint density at radius 3 is 2.43 bits per heavy atom. The zero-order valence-corrected chi connectivity index (χ0v) is 13.3. The lowest BCUT2D eigenvalue weighted by atomic mass is 10.0. The Morgan fingerprint density at radius 1 is 1.19 bits per heavy atom. The summed E-state index contributed by atoms with van der Waals surface area (Å²) in [6.45, 7) is 7.34. The number of ether oxygens (including phenoxy) is 1. The molecule has 4 nitrogen and oxygen atoms in total. The number of aromatic nitrogens is 2. The Bertz CT molecular complexity index is 545. The molecule has 0 fully saturated rings. The van der Waals surface area contributed by atoms with Crippen LogP contribution in [0.5, 0.6) is 5.75 Å². The van der Waals surface area contributed by atoms with Gasteiger partial charge in [0.1, 0.15) is 5.75 Å². The van der Waals surface area contributed by atoms with Gasteiger partial charge in [-0.1, -0.05) is 19.1 Å². The van der Waals surface area contributed by atoms with Crippen molar-refractivity contribution in [1.29, 1.82) is 0 Å². The van der Waals surface area contributed by atoms with Crippen LogP contribution in [0.25, 0.3) is 0 Å². The predicted molar refractivity (Wildman–Crippen MR) is 85.7 cm³/mol. The fourth-order valence-electron chi connectivity index (χ4n) is 2.37. The third-order valence-electron chi connectivity index (χ3n) is 3.57. The molecular weight excluding hydrogens is 262 g/mol. The average molecular weight is 287 g/mol. The van der Waals surface area contributed by atoms with Crippen LogP contribution in [0.15, 0.2) is 36.5 Å². The number of nitrogens with one attached hydrogen (secondary N) is 1. The van der Waals surface area contributed by atoms with Gasteiger partial charge in [-0.2, -0.15) is 5.10 Å². The highest BCUT2D eigenvalue weighted by Crippen LogP contribution is 2.21. The quantitative estimate of drug-likeness (QED) is 0.848. The van der Waals surface area contributed by atoms with Crippen LogP contribution >= 0.6 is 0 Å². The largest absolute Gasteiger partial charge is 0.497 e. The Hall–Kier alpha value is -1.81. The summed E-state index contributed by atoms with van der Waals surface area (Å²) in [7, 11) is 1.69. The van der Waals surface area contributed by atoms with Gasteiger partial charge >= 0.3 is 0 Å². The lowest BCUT2D eigenvalue weighted by Crippen LogP contribution is -2.23. The molecule has 0 radical (unpaired) electrons. The normalized spacial score (nSPS) is 12.6. The van der Waals surface area contributed by atoms with Crippen LogP contribution in [-0.2, 0) is 6.42 Å². The van der Waals surface area contributed by atoms with E-state index in [0.717, 1.165) is 24.4 Å². The molecule has 1 heterocycles. The number of methoxy groups -OCH3 is 1. The van der Waals surface area contributed by atoms with Crippen LogP contribution in [0.3, 0.4) is 0 Å². The zero-order chi connectivity index (χ0) is 15.2. The molecule has 0 saturated carbocycles. The first-order chi connectivity index (χ1) is 10.1. The topological polar surface area (TPSA) is 39.1 Å². The van der Waals surface area contributed by atoms with Gasteiger partial charge < -0.3 is 10.1 Å². The van der Waals surface area contributed by atoms with Crippen molar-refractivity contribution in [3.63, 3.8) is 0 Å². The second-order valence-corrected chi connectivity index (χ2v) is 5.47. The molecule has 0 spiro atoms. The first kappa shape index (κ1) is 15.6. The van der Waals surface area contributed by atoms with Gasteiger partial charge in [-0.3, -0.25) is 4.68 Å². The fourth-order valence-corrected chi connectivity index (χ4v) is 2.37. The van der Waals surface area contributed by atoms with Gasteiger partial charge in [0.25, 0.3) is 0 Å². The summed E-state index contributed by atoms with van der Waals surface area (Å²) in [5.74, 6) is 0.887. The minimum Gasteiger partial charge on any atom is -0.497 e. The van der Waals surface area contributed by atoms with E-state index in [4.69, 9.17) is 4.74 Å². The SMILES string of the molecule is CCNC(Cc1ccn(C(C)C)n1)c1ccc(OC)cc1. The standard InChI is InChI=1S/C17H25N3O/c1-5-18-17(14-6-8-16(21-4)9-7-14)12-15-10-11-20(19-15)13(2)3/h6-11,13,17-18H,5,12H2,1-4H3. The summed E-state index contributed by atoms with van der Waals surface area (Å²) < 4.78 is 7.23. The smallest absolute Gasteiger partial charge is 0.118 e. The summed E-state index contributed by atoms with van der Waals surface area (Å²) in [4.78, 5) is 0. The van der Waals surface area contributed by atoms with Crippen LogP contribution in [0, 0.1) is 0 Å². The van der Waals surface area contributed by atoms with Crippen molar-refractivity contribution in [3.8, 4) is 5.75 Å². The molecule has 21 heavy (non-hydrogen) atoms. The molecule has 1 unspecified atom stereocenters. The number of rotatable bonds is 7. The number of hydrogen-bond acceptors (Lipinski definition) is 3. The van der Waals surface area contributed by atoms with Gasteiger partial charge in [0.2, 0.25) is 0 Å². The van der Waals surface area contributed by atoms with Crippen LogP contribution in [0.1, 0.15) is 44.1 Å². The van der Waals surface area contributed by atoms with Crippen LogP contribution in [-0.4, -0.2) is 23.4 Å². The molecular formula is C17H25N3O. The Balaban J connectivity index is 2.13. The van der Waals surface area contributed by atoms with Gasteiger partial charge in [0.05, 0.1) is 12.8 Å². The molecule has 0 bridgehead atoms. The highest BCUT2D eigenvalue weighted by atomic mass is 16.5.